The van der Waals surface area contributed by atoms with Crippen LogP contribution in [0.25, 0.3) is 0 Å². The van der Waals surface area contributed by atoms with Crippen LogP contribution < -0.4 is 0 Å². The second kappa shape index (κ2) is 5.08. The van der Waals surface area contributed by atoms with Crippen LogP contribution in [0, 0.1) is 40.4 Å². The molecule has 1 aliphatic heterocycles. The number of carbonyl (C=O) groups is 1. The first kappa shape index (κ1) is 16.7. The molecule has 2 bridgehead atoms. The Kier molecular flexibility index (Phi) is 3.39. The minimum atomic E-state index is -1.32. The monoisotopic (exact) mass is 348 g/mol. The van der Waals surface area contributed by atoms with E-state index in [-0.39, 0.29) is 16.7 Å². The Hall–Kier alpha value is -0.450. The zero-order valence-electron chi connectivity index (χ0n) is 15.5. The van der Waals surface area contributed by atoms with Crippen LogP contribution in [0.3, 0.4) is 0 Å². The van der Waals surface area contributed by atoms with Crippen molar-refractivity contribution < 1.29 is 19.7 Å². The molecule has 5 rings (SSSR count). The van der Waals surface area contributed by atoms with E-state index in [2.05, 4.69) is 13.8 Å². The van der Waals surface area contributed by atoms with E-state index in [1.54, 1.807) is 0 Å². The molecule has 25 heavy (non-hydrogen) atoms. The Morgan fingerprint density at radius 1 is 1.24 bits per heavy atom. The summed E-state index contributed by atoms with van der Waals surface area (Å²) in [6, 6.07) is 0. The van der Waals surface area contributed by atoms with Crippen molar-refractivity contribution in [3.63, 3.8) is 0 Å². The lowest BCUT2D eigenvalue weighted by molar-refractivity contribution is -0.242. The van der Waals surface area contributed by atoms with Crippen molar-refractivity contribution in [3.05, 3.63) is 0 Å². The first-order valence-electron chi connectivity index (χ1n) is 10.4. The van der Waals surface area contributed by atoms with Gasteiger partial charge in [-0.05, 0) is 67.6 Å². The highest BCUT2D eigenvalue weighted by atomic mass is 16.6. The minimum Gasteiger partial charge on any atom is -0.388 e. The van der Waals surface area contributed by atoms with Gasteiger partial charge in [-0.3, -0.25) is 4.79 Å². The van der Waals surface area contributed by atoms with Gasteiger partial charge in [0.25, 0.3) is 0 Å². The van der Waals surface area contributed by atoms with Gasteiger partial charge in [-0.1, -0.05) is 13.8 Å². The van der Waals surface area contributed by atoms with Gasteiger partial charge >= 0.3 is 0 Å². The van der Waals surface area contributed by atoms with Gasteiger partial charge in [-0.2, -0.15) is 0 Å². The van der Waals surface area contributed by atoms with Crippen LogP contribution in [0.4, 0.5) is 0 Å². The molecule has 0 aromatic heterocycles. The third kappa shape index (κ3) is 1.92. The van der Waals surface area contributed by atoms with Crippen LogP contribution in [-0.2, 0) is 9.53 Å². The number of aliphatic hydroxyl groups is 2. The average Bonchev–Trinajstić information content (AvgIpc) is 3.02. The molecule has 5 aliphatic rings. The maximum Gasteiger partial charge on any atom is 0.192 e. The fraction of sp³-hybridized carbons (Fsp3) is 0.952. The molecule has 9 unspecified atom stereocenters. The van der Waals surface area contributed by atoms with E-state index in [0.29, 0.717) is 48.9 Å². The quantitative estimate of drug-likeness (QED) is 0.765. The van der Waals surface area contributed by atoms with Gasteiger partial charge in [0, 0.05) is 24.2 Å². The van der Waals surface area contributed by atoms with Crippen molar-refractivity contribution in [1.29, 1.82) is 0 Å². The fourth-order valence-electron chi connectivity index (χ4n) is 8.33. The summed E-state index contributed by atoms with van der Waals surface area (Å²) >= 11 is 0. The molecule has 4 heteroatoms. The summed E-state index contributed by atoms with van der Waals surface area (Å²) in [6.07, 6.45) is 6.89. The topological polar surface area (TPSA) is 66.8 Å². The Balaban J connectivity index is 1.50. The summed E-state index contributed by atoms with van der Waals surface area (Å²) < 4.78 is 5.82. The van der Waals surface area contributed by atoms with E-state index in [4.69, 9.17) is 4.74 Å². The number of hydrogen-bond acceptors (Lipinski definition) is 4. The Morgan fingerprint density at radius 3 is 2.80 bits per heavy atom. The predicted octanol–water partition coefficient (Wildman–Crippen LogP) is 2.90. The molecule has 0 aromatic rings. The minimum absolute atomic E-state index is 0.0333. The molecule has 1 saturated heterocycles. The van der Waals surface area contributed by atoms with Gasteiger partial charge in [-0.15, -0.1) is 0 Å². The zero-order valence-corrected chi connectivity index (χ0v) is 15.5. The molecule has 0 aromatic carbocycles. The van der Waals surface area contributed by atoms with Crippen molar-refractivity contribution in [2.75, 3.05) is 6.61 Å². The lowest BCUT2D eigenvalue weighted by Gasteiger charge is -2.60. The van der Waals surface area contributed by atoms with Crippen molar-refractivity contribution in [2.45, 2.75) is 77.1 Å². The summed E-state index contributed by atoms with van der Waals surface area (Å²) in [7, 11) is 0. The average molecular weight is 348 g/mol. The summed E-state index contributed by atoms with van der Waals surface area (Å²) in [6.45, 7) is 5.15. The van der Waals surface area contributed by atoms with Crippen LogP contribution >= 0.6 is 0 Å². The van der Waals surface area contributed by atoms with E-state index in [1.165, 1.54) is 6.42 Å². The van der Waals surface area contributed by atoms with Gasteiger partial charge in [0.1, 0.15) is 11.9 Å². The maximum absolute atomic E-state index is 12.7. The van der Waals surface area contributed by atoms with Gasteiger partial charge in [-0.25, -0.2) is 0 Å². The number of Topliss-reactive ketones (excluding diaryl/α,β-unsaturated/α-hetero) is 1. The van der Waals surface area contributed by atoms with E-state index in [0.717, 1.165) is 32.1 Å². The Labute approximate surface area is 150 Å². The van der Waals surface area contributed by atoms with Gasteiger partial charge < -0.3 is 14.9 Å². The fourth-order valence-corrected chi connectivity index (χ4v) is 8.33. The third-order valence-electron chi connectivity index (χ3n) is 9.49. The van der Waals surface area contributed by atoms with Crippen molar-refractivity contribution in [2.24, 2.45) is 40.4 Å². The highest BCUT2D eigenvalue weighted by molar-refractivity contribution is 5.84. The molecular weight excluding hydrogens is 316 g/mol. The normalized spacial score (nSPS) is 60.1. The second-order valence-corrected chi connectivity index (χ2v) is 10.1. The van der Waals surface area contributed by atoms with Crippen molar-refractivity contribution in [3.8, 4) is 0 Å². The Morgan fingerprint density at radius 2 is 2.04 bits per heavy atom. The molecule has 140 valence electrons. The van der Waals surface area contributed by atoms with Crippen LogP contribution in [0.1, 0.15) is 65.2 Å². The van der Waals surface area contributed by atoms with Crippen LogP contribution in [-0.4, -0.2) is 34.5 Å². The molecular formula is C21H32O4. The van der Waals surface area contributed by atoms with E-state index < -0.39 is 11.9 Å². The smallest absolute Gasteiger partial charge is 0.192 e. The van der Waals surface area contributed by atoms with E-state index in [9.17, 15) is 15.0 Å². The molecule has 9 atom stereocenters. The van der Waals surface area contributed by atoms with Crippen LogP contribution in [0.15, 0.2) is 0 Å². The number of aliphatic hydroxyl groups excluding tert-OH is 1. The number of fused-ring (bicyclic) bond motifs is 4. The summed E-state index contributed by atoms with van der Waals surface area (Å²) in [5.74, 6) is 1.55. The number of ether oxygens (including phenoxy) is 1. The van der Waals surface area contributed by atoms with Crippen LogP contribution in [0.2, 0.25) is 0 Å². The van der Waals surface area contributed by atoms with E-state index >= 15 is 0 Å². The zero-order chi connectivity index (χ0) is 17.6. The molecule has 2 N–H and O–H groups in total. The van der Waals surface area contributed by atoms with Crippen molar-refractivity contribution >= 4 is 5.78 Å². The van der Waals surface area contributed by atoms with Gasteiger partial charge in [0.05, 0.1) is 6.61 Å². The second-order valence-electron chi connectivity index (χ2n) is 10.1. The SMILES string of the molecule is CCC1C(=O)CC2C3CCC4CC(O)C5(O)CC4(CO5)C3CCC12C. The molecule has 4 nitrogen and oxygen atoms in total. The van der Waals surface area contributed by atoms with Gasteiger partial charge in [0.15, 0.2) is 5.79 Å². The van der Waals surface area contributed by atoms with Gasteiger partial charge in [0.2, 0.25) is 0 Å². The highest BCUT2D eigenvalue weighted by Gasteiger charge is 2.68. The van der Waals surface area contributed by atoms with E-state index in [1.807, 2.05) is 0 Å². The highest BCUT2D eigenvalue weighted by Crippen LogP contribution is 2.69. The Bertz CT molecular complexity index is 605. The molecule has 4 aliphatic carbocycles. The molecule has 0 radical (unpaired) electrons. The maximum atomic E-state index is 12.7. The van der Waals surface area contributed by atoms with Crippen LogP contribution in [0.5, 0.6) is 0 Å². The molecule has 1 spiro atoms. The molecule has 1 heterocycles. The number of hydrogen-bond donors (Lipinski definition) is 2. The number of carbonyl (C=O) groups excluding carboxylic acids is 1. The third-order valence-corrected chi connectivity index (χ3v) is 9.49. The standard InChI is InChI=1S/C21H32O4/c1-3-14-17(22)9-16-13-5-4-12-8-18(23)21(24)10-20(12,11-25-21)15(13)6-7-19(14,16)2/h12-16,18,23-24H,3-11H2,1-2H3. The number of rotatable bonds is 1. The summed E-state index contributed by atoms with van der Waals surface area (Å²) in [4.78, 5) is 12.7. The first-order chi connectivity index (χ1) is 11.8. The lowest BCUT2D eigenvalue weighted by Crippen LogP contribution is -2.58. The molecule has 0 amide bonds. The lowest BCUT2D eigenvalue weighted by atomic mass is 9.44. The molecule has 4 saturated carbocycles. The summed E-state index contributed by atoms with van der Waals surface area (Å²) in [5.41, 5.74) is 0.214. The van der Waals surface area contributed by atoms with Crippen molar-refractivity contribution in [1.82, 2.24) is 0 Å². The summed E-state index contributed by atoms with van der Waals surface area (Å²) in [5, 5.41) is 21.1. The molecule has 5 fully saturated rings. The largest absolute Gasteiger partial charge is 0.388 e. The number of ketones is 1. The predicted molar refractivity (Wildman–Crippen MR) is 92.5 cm³/mol. The first-order valence-corrected chi connectivity index (χ1v) is 10.4.